The highest BCUT2D eigenvalue weighted by Crippen LogP contribution is 2.62. The zero-order valence-corrected chi connectivity index (χ0v) is 30.1. The van der Waals surface area contributed by atoms with E-state index in [9.17, 15) is 9.90 Å². The molecule has 8 rings (SSSR count). The lowest BCUT2D eigenvalue weighted by atomic mass is 9.45. The monoisotopic (exact) mass is 670 g/mol. The fourth-order valence-electron chi connectivity index (χ4n) is 9.91. The van der Waals surface area contributed by atoms with Crippen LogP contribution in [0.5, 0.6) is 11.5 Å². The van der Waals surface area contributed by atoms with Gasteiger partial charge in [-0.3, -0.25) is 4.79 Å². The molecule has 1 aliphatic heterocycles. The van der Waals surface area contributed by atoms with Gasteiger partial charge in [-0.05, 0) is 137 Å². The largest absolute Gasteiger partial charge is 0.496 e. The lowest BCUT2D eigenvalue weighted by Crippen LogP contribution is -2.74. The van der Waals surface area contributed by atoms with Crippen LogP contribution < -0.4 is 14.8 Å². The van der Waals surface area contributed by atoms with Gasteiger partial charge in [-0.2, -0.15) is 5.10 Å². The van der Waals surface area contributed by atoms with Gasteiger partial charge in [0, 0.05) is 0 Å². The first-order valence-corrected chi connectivity index (χ1v) is 18.3. The van der Waals surface area contributed by atoms with E-state index in [1.54, 1.807) is 14.2 Å². The Morgan fingerprint density at radius 3 is 2.24 bits per heavy atom. The molecule has 2 unspecified atom stereocenters. The minimum absolute atomic E-state index is 0.111. The average Bonchev–Trinajstić information content (AvgIpc) is 3.52. The highest BCUT2D eigenvalue weighted by atomic mass is 16.6. The number of unbranched alkanes of at least 4 members (excludes halogenated alkanes) is 1. The summed E-state index contributed by atoms with van der Waals surface area (Å²) in [6.45, 7) is 5.96. The zero-order chi connectivity index (χ0) is 34.4. The van der Waals surface area contributed by atoms with E-state index in [1.165, 1.54) is 17.5 Å². The predicted molar refractivity (Wildman–Crippen MR) is 190 cm³/mol. The van der Waals surface area contributed by atoms with E-state index in [1.807, 2.05) is 28.9 Å². The number of carbonyl (C=O) groups is 1. The molecule has 3 aromatic rings. The van der Waals surface area contributed by atoms with Crippen molar-refractivity contribution in [2.75, 3.05) is 41.5 Å². The van der Waals surface area contributed by atoms with Gasteiger partial charge < -0.3 is 29.5 Å². The SMILES string of the molecule is COc1cccc(OC)c1-c1cc(C(=O)NC2(C3COC3O)C3CC4CC(C3)CC2C4)nn1-c1ccc(CCCCN(C)C)cc1C(C)C. The van der Waals surface area contributed by atoms with Crippen LogP contribution in [0.4, 0.5) is 0 Å². The first kappa shape index (κ1) is 34.1. The smallest absolute Gasteiger partial charge is 0.272 e. The summed E-state index contributed by atoms with van der Waals surface area (Å²) in [5.74, 6) is 3.31. The number of aliphatic hydroxyl groups excluding tert-OH is 1. The number of aliphatic hydroxyl groups is 1. The molecule has 2 aromatic carbocycles. The Labute approximate surface area is 291 Å². The van der Waals surface area contributed by atoms with Crippen LogP contribution in [0.2, 0.25) is 0 Å². The number of aryl methyl sites for hydroxylation is 1. The van der Waals surface area contributed by atoms with Crippen LogP contribution in [0.1, 0.15) is 86.3 Å². The van der Waals surface area contributed by atoms with Gasteiger partial charge >= 0.3 is 0 Å². The molecule has 4 aliphatic carbocycles. The number of amides is 1. The third-order valence-electron chi connectivity index (χ3n) is 12.1. The molecule has 2 atom stereocenters. The average molecular weight is 671 g/mol. The Morgan fingerprint density at radius 1 is 1.02 bits per heavy atom. The van der Waals surface area contributed by atoms with Crippen molar-refractivity contribution in [1.29, 1.82) is 0 Å². The maximum absolute atomic E-state index is 14.6. The quantitative estimate of drug-likeness (QED) is 0.202. The van der Waals surface area contributed by atoms with Crippen LogP contribution in [0.15, 0.2) is 42.5 Å². The minimum atomic E-state index is -0.848. The Balaban J connectivity index is 1.30. The van der Waals surface area contributed by atoms with E-state index >= 15 is 0 Å². The fourth-order valence-corrected chi connectivity index (χ4v) is 9.91. The number of nitrogens with one attached hydrogen (secondary N) is 1. The van der Waals surface area contributed by atoms with Crippen molar-refractivity contribution in [3.8, 4) is 28.4 Å². The van der Waals surface area contributed by atoms with Gasteiger partial charge in [0.2, 0.25) is 0 Å². The second-order valence-electron chi connectivity index (χ2n) is 15.7. The zero-order valence-electron chi connectivity index (χ0n) is 30.1. The number of hydrogen-bond acceptors (Lipinski definition) is 7. The number of nitrogens with zero attached hydrogens (tertiary/aromatic N) is 3. The molecule has 1 saturated heterocycles. The van der Waals surface area contributed by atoms with Crippen LogP contribution in [0.25, 0.3) is 16.9 Å². The Morgan fingerprint density at radius 2 is 1.69 bits per heavy atom. The molecule has 4 bridgehead atoms. The number of ether oxygens (including phenoxy) is 3. The molecule has 264 valence electrons. The van der Waals surface area contributed by atoms with Crippen molar-refractivity contribution in [3.05, 3.63) is 59.3 Å². The molecule has 2 heterocycles. The van der Waals surface area contributed by atoms with E-state index in [0.717, 1.165) is 80.3 Å². The topological polar surface area (TPSA) is 98.1 Å². The van der Waals surface area contributed by atoms with Gasteiger partial charge in [-0.15, -0.1) is 0 Å². The molecule has 1 amide bonds. The third-order valence-corrected chi connectivity index (χ3v) is 12.1. The second kappa shape index (κ2) is 13.7. The molecule has 5 fully saturated rings. The van der Waals surface area contributed by atoms with Crippen LogP contribution in [0, 0.1) is 29.6 Å². The third kappa shape index (κ3) is 6.16. The first-order valence-electron chi connectivity index (χ1n) is 18.3. The van der Waals surface area contributed by atoms with Crippen LogP contribution in [-0.4, -0.2) is 79.0 Å². The number of benzene rings is 2. The van der Waals surface area contributed by atoms with Gasteiger partial charge in [-0.1, -0.05) is 32.0 Å². The molecule has 0 spiro atoms. The van der Waals surface area contributed by atoms with Gasteiger partial charge in [0.15, 0.2) is 12.0 Å². The molecule has 49 heavy (non-hydrogen) atoms. The summed E-state index contributed by atoms with van der Waals surface area (Å²) in [5, 5.41) is 19.6. The Hall–Kier alpha value is -3.40. The van der Waals surface area contributed by atoms with Gasteiger partial charge in [0.1, 0.15) is 11.5 Å². The molecule has 0 radical (unpaired) electrons. The fraction of sp³-hybridized carbons (Fsp3) is 0.600. The molecule has 1 aromatic heterocycles. The van der Waals surface area contributed by atoms with Crippen molar-refractivity contribution < 1.29 is 24.1 Å². The molecular formula is C40H54N4O5. The van der Waals surface area contributed by atoms with E-state index < -0.39 is 11.8 Å². The number of hydrogen-bond donors (Lipinski definition) is 2. The maximum atomic E-state index is 14.6. The number of carbonyl (C=O) groups excluding carboxylic acids is 1. The van der Waals surface area contributed by atoms with Gasteiger partial charge in [-0.25, -0.2) is 4.68 Å². The van der Waals surface area contributed by atoms with Crippen LogP contribution in [0.3, 0.4) is 0 Å². The Kier molecular flexibility index (Phi) is 9.54. The van der Waals surface area contributed by atoms with Gasteiger partial charge in [0.25, 0.3) is 5.91 Å². The predicted octanol–water partition coefficient (Wildman–Crippen LogP) is 6.45. The number of rotatable bonds is 13. The van der Waals surface area contributed by atoms with Crippen molar-refractivity contribution in [1.82, 2.24) is 20.0 Å². The molecule has 5 aliphatic rings. The molecule has 9 heteroatoms. The summed E-state index contributed by atoms with van der Waals surface area (Å²) < 4.78 is 19.2. The summed E-state index contributed by atoms with van der Waals surface area (Å²) in [7, 11) is 7.54. The highest BCUT2D eigenvalue weighted by molar-refractivity contribution is 5.95. The van der Waals surface area contributed by atoms with Crippen LogP contribution >= 0.6 is 0 Å². The highest BCUT2D eigenvalue weighted by Gasteiger charge is 2.64. The van der Waals surface area contributed by atoms with E-state index in [2.05, 4.69) is 56.4 Å². The molecular weight excluding hydrogens is 616 g/mol. The summed E-state index contributed by atoms with van der Waals surface area (Å²) in [6.07, 6.45) is 8.16. The molecule has 4 saturated carbocycles. The van der Waals surface area contributed by atoms with E-state index in [4.69, 9.17) is 19.3 Å². The normalized spacial score (nSPS) is 28.6. The summed E-state index contributed by atoms with van der Waals surface area (Å²) in [6, 6.07) is 14.3. The number of aromatic nitrogens is 2. The van der Waals surface area contributed by atoms with E-state index in [-0.39, 0.29) is 17.7 Å². The van der Waals surface area contributed by atoms with Crippen LogP contribution in [-0.2, 0) is 11.2 Å². The first-order chi connectivity index (χ1) is 23.6. The van der Waals surface area contributed by atoms with Crippen molar-refractivity contribution in [2.45, 2.75) is 83.0 Å². The summed E-state index contributed by atoms with van der Waals surface area (Å²) >= 11 is 0. The summed E-state index contributed by atoms with van der Waals surface area (Å²) in [5.41, 5.74) is 4.72. The van der Waals surface area contributed by atoms with E-state index in [0.29, 0.717) is 35.6 Å². The Bertz CT molecular complexity index is 1610. The van der Waals surface area contributed by atoms with Crippen molar-refractivity contribution in [2.24, 2.45) is 29.6 Å². The minimum Gasteiger partial charge on any atom is -0.496 e. The number of methoxy groups -OCH3 is 2. The summed E-state index contributed by atoms with van der Waals surface area (Å²) in [4.78, 5) is 16.9. The standard InChI is InChI=1S/C40H54N4O5/c1-24(2)30-21-25(10-7-8-15-43(3)4)13-14-33(30)44-34(37-35(47-5)11-9-12-36(37)48-6)22-32(42-44)38(45)41-40(31-23-49-39(31)46)28-17-26-16-27(19-28)20-29(40)18-26/h9,11-14,21-22,24,26-29,31,39,46H,7-8,10,15-20,23H2,1-6H3,(H,41,45). The second-order valence-corrected chi connectivity index (χ2v) is 15.7. The van der Waals surface area contributed by atoms with Crippen molar-refractivity contribution in [3.63, 3.8) is 0 Å². The van der Waals surface area contributed by atoms with Crippen molar-refractivity contribution >= 4 is 5.91 Å². The lowest BCUT2D eigenvalue weighted by molar-refractivity contribution is -0.281. The molecule has 2 N–H and O–H groups in total. The lowest BCUT2D eigenvalue weighted by Gasteiger charge is -2.65. The maximum Gasteiger partial charge on any atom is 0.272 e. The molecule has 9 nitrogen and oxygen atoms in total. The van der Waals surface area contributed by atoms with Gasteiger partial charge in [0.05, 0.1) is 49.2 Å².